The number of pyridine rings is 1. The van der Waals surface area contributed by atoms with Crippen molar-refractivity contribution in [3.8, 4) is 0 Å². The van der Waals surface area contributed by atoms with E-state index in [0.29, 0.717) is 35.1 Å². The second-order valence-electron chi connectivity index (χ2n) is 4.34. The minimum Gasteiger partial charge on any atom is -0.365 e. The predicted molar refractivity (Wildman–Crippen MR) is 73.6 cm³/mol. The number of hydrogen-bond donors (Lipinski definition) is 2. The summed E-state index contributed by atoms with van der Waals surface area (Å²) in [6.07, 6.45) is 3.09. The molecule has 104 valence electrons. The number of rotatable bonds is 3. The van der Waals surface area contributed by atoms with Crippen molar-refractivity contribution in [2.45, 2.75) is 6.10 Å². The van der Waals surface area contributed by atoms with Crippen molar-refractivity contribution in [1.82, 2.24) is 20.3 Å². The van der Waals surface area contributed by atoms with Crippen LogP contribution in [0.2, 0.25) is 5.15 Å². The first-order valence-corrected chi connectivity index (χ1v) is 6.49. The van der Waals surface area contributed by atoms with E-state index in [2.05, 4.69) is 25.6 Å². The summed E-state index contributed by atoms with van der Waals surface area (Å²) in [7, 11) is 0. The molecule has 2 aromatic rings. The third kappa shape index (κ3) is 2.78. The van der Waals surface area contributed by atoms with Gasteiger partial charge in [-0.25, -0.2) is 9.97 Å². The fourth-order valence-corrected chi connectivity index (χ4v) is 2.13. The maximum Gasteiger partial charge on any atom is 0.246 e. The molecule has 1 fully saturated rings. The van der Waals surface area contributed by atoms with Crippen LogP contribution in [0, 0.1) is 0 Å². The minimum absolute atomic E-state index is 0.0792. The molecule has 1 aliphatic rings. The predicted octanol–water partition coefficient (Wildman–Crippen LogP) is 0.605. The van der Waals surface area contributed by atoms with E-state index in [9.17, 15) is 4.79 Å². The van der Waals surface area contributed by atoms with Crippen LogP contribution in [0.1, 0.15) is 0 Å². The Morgan fingerprint density at radius 1 is 1.45 bits per heavy atom. The van der Waals surface area contributed by atoms with E-state index in [1.807, 2.05) is 0 Å². The fourth-order valence-electron chi connectivity index (χ4n) is 1.94. The highest BCUT2D eigenvalue weighted by molar-refractivity contribution is 6.30. The Labute approximate surface area is 119 Å². The molecule has 2 aromatic heterocycles. The van der Waals surface area contributed by atoms with Gasteiger partial charge in [-0.1, -0.05) is 11.6 Å². The number of fused-ring (bicyclic) bond motifs is 1. The molecule has 1 saturated heterocycles. The van der Waals surface area contributed by atoms with Gasteiger partial charge in [-0.05, 0) is 0 Å². The third-order valence-corrected chi connectivity index (χ3v) is 3.09. The lowest BCUT2D eigenvalue weighted by Gasteiger charge is -2.23. The van der Waals surface area contributed by atoms with Crippen molar-refractivity contribution in [2.24, 2.45) is 0 Å². The summed E-state index contributed by atoms with van der Waals surface area (Å²) < 4.78 is 5.38. The highest BCUT2D eigenvalue weighted by atomic mass is 35.5. The van der Waals surface area contributed by atoms with Crippen molar-refractivity contribution in [3.05, 3.63) is 23.6 Å². The van der Waals surface area contributed by atoms with Gasteiger partial charge in [0, 0.05) is 31.5 Å². The van der Waals surface area contributed by atoms with Gasteiger partial charge in [-0.2, -0.15) is 0 Å². The van der Waals surface area contributed by atoms with Crippen LogP contribution in [-0.4, -0.2) is 46.7 Å². The lowest BCUT2D eigenvalue weighted by Crippen LogP contribution is -2.45. The van der Waals surface area contributed by atoms with E-state index < -0.39 is 0 Å². The van der Waals surface area contributed by atoms with Crippen molar-refractivity contribution in [1.29, 1.82) is 0 Å². The lowest BCUT2D eigenvalue weighted by atomic mass is 10.3. The minimum atomic E-state index is -0.111. The second-order valence-corrected chi connectivity index (χ2v) is 4.72. The number of hydrogen-bond acceptors (Lipinski definition) is 6. The lowest BCUT2D eigenvalue weighted by molar-refractivity contribution is -0.132. The van der Waals surface area contributed by atoms with Crippen molar-refractivity contribution in [3.63, 3.8) is 0 Å². The third-order valence-electron chi connectivity index (χ3n) is 2.90. The highest BCUT2D eigenvalue weighted by Gasteiger charge is 2.18. The number of halogens is 1. The Morgan fingerprint density at radius 3 is 3.10 bits per heavy atom. The van der Waals surface area contributed by atoms with Gasteiger partial charge in [-0.15, -0.1) is 0 Å². The van der Waals surface area contributed by atoms with Crippen LogP contribution >= 0.6 is 11.6 Å². The van der Waals surface area contributed by atoms with E-state index in [0.717, 1.165) is 0 Å². The fraction of sp³-hybridized carbons (Fsp3) is 0.333. The summed E-state index contributed by atoms with van der Waals surface area (Å²) >= 11 is 5.96. The number of ether oxygens (including phenoxy) is 1. The van der Waals surface area contributed by atoms with Crippen LogP contribution in [0.25, 0.3) is 11.0 Å². The SMILES string of the molecule is O=C1CO[C@@H](CNc2nc(Cl)cc3nccnc23)CN1. The summed E-state index contributed by atoms with van der Waals surface area (Å²) in [5.41, 5.74) is 1.32. The Morgan fingerprint density at radius 2 is 2.30 bits per heavy atom. The molecule has 20 heavy (non-hydrogen) atoms. The van der Waals surface area contributed by atoms with E-state index in [-0.39, 0.29) is 18.6 Å². The standard InChI is InChI=1S/C12H12ClN5O2/c13-9-3-8-11(15-2-1-14-8)12(18-9)17-5-7-4-16-10(19)6-20-7/h1-3,7H,4-6H2,(H,16,19)(H,17,18)/t7-/m1/s1. The van der Waals surface area contributed by atoms with Gasteiger partial charge in [0.15, 0.2) is 5.82 Å². The maximum absolute atomic E-state index is 11.0. The summed E-state index contributed by atoms with van der Waals surface area (Å²) in [5, 5.41) is 6.22. The number of carbonyl (C=O) groups is 1. The van der Waals surface area contributed by atoms with Gasteiger partial charge < -0.3 is 15.4 Å². The molecule has 1 aliphatic heterocycles. The molecule has 7 nitrogen and oxygen atoms in total. The second kappa shape index (κ2) is 5.56. The summed E-state index contributed by atoms with van der Waals surface area (Å²) in [6, 6.07) is 1.66. The zero-order chi connectivity index (χ0) is 13.9. The Bertz CT molecular complexity index is 641. The molecule has 0 aromatic carbocycles. The first kappa shape index (κ1) is 13.0. The number of morpholine rings is 1. The molecular formula is C12H12ClN5O2. The van der Waals surface area contributed by atoms with Crippen molar-refractivity contribution >= 4 is 34.4 Å². The zero-order valence-electron chi connectivity index (χ0n) is 10.5. The average molecular weight is 294 g/mol. The number of anilines is 1. The molecule has 3 rings (SSSR count). The first-order chi connectivity index (χ1) is 9.72. The molecule has 8 heteroatoms. The number of nitrogens with zero attached hydrogens (tertiary/aromatic N) is 3. The number of amides is 1. The smallest absolute Gasteiger partial charge is 0.246 e. The van der Waals surface area contributed by atoms with E-state index >= 15 is 0 Å². The Kier molecular flexibility index (Phi) is 3.62. The normalized spacial score (nSPS) is 18.9. The van der Waals surface area contributed by atoms with Gasteiger partial charge in [-0.3, -0.25) is 9.78 Å². The molecule has 0 aliphatic carbocycles. The molecular weight excluding hydrogens is 282 g/mol. The van der Waals surface area contributed by atoms with E-state index in [1.165, 1.54) is 0 Å². The number of carbonyl (C=O) groups excluding carboxylic acids is 1. The zero-order valence-corrected chi connectivity index (χ0v) is 11.2. The van der Waals surface area contributed by atoms with Crippen LogP contribution in [-0.2, 0) is 9.53 Å². The van der Waals surface area contributed by atoms with Crippen LogP contribution in [0.3, 0.4) is 0 Å². The van der Waals surface area contributed by atoms with Crippen LogP contribution < -0.4 is 10.6 Å². The van der Waals surface area contributed by atoms with Crippen LogP contribution in [0.15, 0.2) is 18.5 Å². The molecule has 0 saturated carbocycles. The van der Waals surface area contributed by atoms with Gasteiger partial charge in [0.05, 0.1) is 11.6 Å². The molecule has 2 N–H and O–H groups in total. The van der Waals surface area contributed by atoms with Crippen LogP contribution in [0.5, 0.6) is 0 Å². The quantitative estimate of drug-likeness (QED) is 0.806. The van der Waals surface area contributed by atoms with Gasteiger partial charge in [0.1, 0.15) is 17.3 Å². The first-order valence-electron chi connectivity index (χ1n) is 6.12. The monoisotopic (exact) mass is 293 g/mol. The van der Waals surface area contributed by atoms with Gasteiger partial charge in [0.2, 0.25) is 5.91 Å². The maximum atomic E-state index is 11.0. The molecule has 3 heterocycles. The summed E-state index contributed by atoms with van der Waals surface area (Å²) in [4.78, 5) is 23.6. The Balaban J connectivity index is 1.75. The summed E-state index contributed by atoms with van der Waals surface area (Å²) in [5.74, 6) is 0.458. The van der Waals surface area contributed by atoms with Gasteiger partial charge in [0.25, 0.3) is 0 Å². The Hall–Kier alpha value is -1.99. The van der Waals surface area contributed by atoms with Crippen molar-refractivity contribution in [2.75, 3.05) is 25.0 Å². The van der Waals surface area contributed by atoms with Gasteiger partial charge >= 0.3 is 0 Å². The van der Waals surface area contributed by atoms with E-state index in [4.69, 9.17) is 16.3 Å². The molecule has 1 amide bonds. The molecule has 0 spiro atoms. The summed E-state index contributed by atoms with van der Waals surface area (Å²) in [6.45, 7) is 1.05. The molecule has 0 radical (unpaired) electrons. The average Bonchev–Trinajstić information content (AvgIpc) is 2.46. The van der Waals surface area contributed by atoms with E-state index in [1.54, 1.807) is 18.5 Å². The number of nitrogens with one attached hydrogen (secondary N) is 2. The van der Waals surface area contributed by atoms with Crippen LogP contribution in [0.4, 0.5) is 5.82 Å². The molecule has 0 bridgehead atoms. The number of aromatic nitrogens is 3. The highest BCUT2D eigenvalue weighted by Crippen LogP contribution is 2.21. The molecule has 1 atom stereocenters. The molecule has 0 unspecified atom stereocenters. The van der Waals surface area contributed by atoms with Crippen molar-refractivity contribution < 1.29 is 9.53 Å². The topological polar surface area (TPSA) is 89.0 Å². The largest absolute Gasteiger partial charge is 0.365 e.